The Morgan fingerprint density at radius 1 is 1.16 bits per heavy atom. The number of hydrogen-bond donors (Lipinski definition) is 1. The average molecular weight is 392 g/mol. The molecule has 10 heteroatoms. The van der Waals surface area contributed by atoms with Crippen molar-refractivity contribution in [3.05, 3.63) is 52.2 Å². The number of carbonyl (C=O) groups excluding carboxylic acids is 1. The number of carbonyl (C=O) groups is 1. The molecule has 0 spiro atoms. The Morgan fingerprint density at radius 3 is 2.80 bits per heavy atom. The molecule has 1 aliphatic rings. The molecule has 1 aliphatic heterocycles. The predicted octanol–water partition coefficient (Wildman–Crippen LogP) is 2.60. The van der Waals surface area contributed by atoms with Crippen LogP contribution in [0, 0.1) is 0 Å². The maximum Gasteiger partial charge on any atom is 0.293 e. The van der Waals surface area contributed by atoms with Crippen molar-refractivity contribution in [1.29, 1.82) is 0 Å². The van der Waals surface area contributed by atoms with Gasteiger partial charge in [-0.1, -0.05) is 35.6 Å². The molecule has 3 aromatic rings. The zero-order chi connectivity index (χ0) is 17.4. The Morgan fingerprint density at radius 2 is 2.00 bits per heavy atom. The fourth-order valence-electron chi connectivity index (χ4n) is 2.58. The maximum atomic E-state index is 12.8. The number of aromatic nitrogens is 2. The van der Waals surface area contributed by atoms with Crippen molar-refractivity contribution in [3.8, 4) is 0 Å². The van der Waals surface area contributed by atoms with E-state index in [1.807, 2.05) is 12.1 Å². The van der Waals surface area contributed by atoms with Crippen LogP contribution < -0.4 is 9.62 Å². The number of amides is 1. The van der Waals surface area contributed by atoms with Gasteiger partial charge in [0.1, 0.15) is 0 Å². The van der Waals surface area contributed by atoms with Crippen LogP contribution in [-0.2, 0) is 16.4 Å². The van der Waals surface area contributed by atoms with E-state index in [0.717, 1.165) is 16.9 Å². The van der Waals surface area contributed by atoms with Gasteiger partial charge in [-0.05, 0) is 29.5 Å². The summed E-state index contributed by atoms with van der Waals surface area (Å²) in [5.41, 5.74) is 1.66. The summed E-state index contributed by atoms with van der Waals surface area (Å²) >= 11 is 2.14. The van der Waals surface area contributed by atoms with Gasteiger partial charge in [0.2, 0.25) is 5.13 Å². The molecule has 0 saturated carbocycles. The van der Waals surface area contributed by atoms with Gasteiger partial charge in [0.05, 0.1) is 10.6 Å². The van der Waals surface area contributed by atoms with E-state index in [9.17, 15) is 13.2 Å². The molecule has 1 aromatic carbocycles. The molecule has 0 atom stereocenters. The predicted molar refractivity (Wildman–Crippen MR) is 96.9 cm³/mol. The number of hydrogen-bond acceptors (Lipinski definition) is 7. The van der Waals surface area contributed by atoms with E-state index in [2.05, 4.69) is 15.5 Å². The lowest BCUT2D eigenvalue weighted by molar-refractivity contribution is 0.103. The molecule has 128 valence electrons. The Hall–Kier alpha value is -2.30. The van der Waals surface area contributed by atoms with Crippen LogP contribution in [0.15, 0.2) is 46.1 Å². The van der Waals surface area contributed by atoms with E-state index in [0.29, 0.717) is 23.5 Å². The van der Waals surface area contributed by atoms with Gasteiger partial charge in [-0.15, -0.1) is 21.5 Å². The number of benzene rings is 1. The summed E-state index contributed by atoms with van der Waals surface area (Å²) in [6.07, 6.45) is 0.663. The molecule has 3 heterocycles. The number of nitrogens with zero attached hydrogens (tertiary/aromatic N) is 3. The summed E-state index contributed by atoms with van der Waals surface area (Å²) in [5.74, 6) is -0.332. The molecule has 1 amide bonds. The van der Waals surface area contributed by atoms with Gasteiger partial charge < -0.3 is 0 Å². The standard InChI is InChI=1S/C15H12N4O3S3/c20-13(12-6-3-9-23-12)16-14-17-18-15(24-14)25(21,22)19-8-7-10-4-1-2-5-11(10)19/h1-6,9H,7-8H2,(H,16,17,20). The van der Waals surface area contributed by atoms with Gasteiger partial charge in [0, 0.05) is 6.54 Å². The zero-order valence-corrected chi connectivity index (χ0v) is 15.2. The van der Waals surface area contributed by atoms with Gasteiger partial charge >= 0.3 is 0 Å². The topological polar surface area (TPSA) is 92.3 Å². The minimum Gasteiger partial charge on any atom is -0.296 e. The van der Waals surface area contributed by atoms with Crippen molar-refractivity contribution < 1.29 is 13.2 Å². The third-order valence-corrected chi connectivity index (χ3v) is 7.59. The Balaban J connectivity index is 1.58. The van der Waals surface area contributed by atoms with Crippen LogP contribution >= 0.6 is 22.7 Å². The number of thiophene rings is 1. The summed E-state index contributed by atoms with van der Waals surface area (Å²) in [5, 5.41) is 12.1. The largest absolute Gasteiger partial charge is 0.296 e. The molecule has 2 aromatic heterocycles. The second-order valence-electron chi connectivity index (χ2n) is 5.26. The smallest absolute Gasteiger partial charge is 0.293 e. The average Bonchev–Trinajstić information content (AvgIpc) is 3.34. The van der Waals surface area contributed by atoms with Crippen molar-refractivity contribution in [2.75, 3.05) is 16.2 Å². The van der Waals surface area contributed by atoms with E-state index in [1.165, 1.54) is 15.6 Å². The fourth-order valence-corrected chi connectivity index (χ4v) is 5.70. The van der Waals surface area contributed by atoms with Crippen molar-refractivity contribution in [3.63, 3.8) is 0 Å². The highest BCUT2D eigenvalue weighted by molar-refractivity contribution is 7.94. The highest BCUT2D eigenvalue weighted by atomic mass is 32.2. The number of anilines is 2. The molecular formula is C15H12N4O3S3. The first kappa shape index (κ1) is 16.2. The molecule has 0 aliphatic carbocycles. The third kappa shape index (κ3) is 2.92. The van der Waals surface area contributed by atoms with E-state index >= 15 is 0 Å². The Kier molecular flexibility index (Phi) is 4.02. The first-order chi connectivity index (χ1) is 12.1. The first-order valence-electron chi connectivity index (χ1n) is 7.35. The van der Waals surface area contributed by atoms with Crippen LogP contribution in [-0.4, -0.2) is 31.1 Å². The Bertz CT molecular complexity index is 1030. The molecule has 0 unspecified atom stereocenters. The van der Waals surface area contributed by atoms with Gasteiger partial charge in [0.15, 0.2) is 0 Å². The molecule has 0 fully saturated rings. The highest BCUT2D eigenvalue weighted by Crippen LogP contribution is 2.34. The second kappa shape index (κ2) is 6.21. The normalized spacial score (nSPS) is 13.7. The summed E-state index contributed by atoms with van der Waals surface area (Å²) in [7, 11) is -3.79. The van der Waals surface area contributed by atoms with Gasteiger partial charge in [-0.3, -0.25) is 14.4 Å². The highest BCUT2D eigenvalue weighted by Gasteiger charge is 2.33. The molecule has 25 heavy (non-hydrogen) atoms. The van der Waals surface area contributed by atoms with Crippen LogP contribution in [0.2, 0.25) is 0 Å². The van der Waals surface area contributed by atoms with Crippen molar-refractivity contribution >= 4 is 49.4 Å². The zero-order valence-electron chi connectivity index (χ0n) is 12.7. The number of sulfonamides is 1. The van der Waals surface area contributed by atoms with Gasteiger partial charge in [-0.2, -0.15) is 8.42 Å². The van der Waals surface area contributed by atoms with E-state index in [4.69, 9.17) is 0 Å². The van der Waals surface area contributed by atoms with Crippen LogP contribution in [0.4, 0.5) is 10.8 Å². The minimum absolute atomic E-state index is 0.134. The van der Waals surface area contributed by atoms with Gasteiger partial charge in [0.25, 0.3) is 20.3 Å². The van der Waals surface area contributed by atoms with Crippen LogP contribution in [0.1, 0.15) is 15.2 Å². The van der Waals surface area contributed by atoms with E-state index < -0.39 is 10.0 Å². The van der Waals surface area contributed by atoms with Crippen molar-refractivity contribution in [2.24, 2.45) is 0 Å². The van der Waals surface area contributed by atoms with Crippen LogP contribution in [0.3, 0.4) is 0 Å². The van der Waals surface area contributed by atoms with E-state index in [-0.39, 0.29) is 15.4 Å². The summed E-state index contributed by atoms with van der Waals surface area (Å²) in [6, 6.07) is 10.8. The third-order valence-electron chi connectivity index (χ3n) is 3.73. The second-order valence-corrected chi connectivity index (χ2v) is 9.22. The van der Waals surface area contributed by atoms with Crippen molar-refractivity contribution in [2.45, 2.75) is 10.8 Å². The van der Waals surface area contributed by atoms with E-state index in [1.54, 1.807) is 29.6 Å². The molecule has 4 rings (SSSR count). The lowest BCUT2D eigenvalue weighted by Crippen LogP contribution is -2.29. The van der Waals surface area contributed by atoms with Crippen molar-refractivity contribution in [1.82, 2.24) is 10.2 Å². The number of fused-ring (bicyclic) bond motifs is 1. The molecule has 7 nitrogen and oxygen atoms in total. The first-order valence-corrected chi connectivity index (χ1v) is 10.5. The van der Waals surface area contributed by atoms with Crippen LogP contribution in [0.5, 0.6) is 0 Å². The lowest BCUT2D eigenvalue weighted by Gasteiger charge is -2.17. The van der Waals surface area contributed by atoms with Crippen LogP contribution in [0.25, 0.3) is 0 Å². The quantitative estimate of drug-likeness (QED) is 0.689. The molecule has 0 saturated heterocycles. The SMILES string of the molecule is O=C(Nc1nnc(S(=O)(=O)N2CCc3ccccc32)s1)c1cccs1. The number of rotatable bonds is 4. The molecule has 1 N–H and O–H groups in total. The molecule has 0 radical (unpaired) electrons. The van der Waals surface area contributed by atoms with Gasteiger partial charge in [-0.25, -0.2) is 0 Å². The Labute approximate surface area is 152 Å². The lowest BCUT2D eigenvalue weighted by atomic mass is 10.2. The minimum atomic E-state index is -3.79. The summed E-state index contributed by atoms with van der Waals surface area (Å²) in [4.78, 5) is 12.6. The summed E-state index contributed by atoms with van der Waals surface area (Å²) < 4.78 is 26.9. The number of para-hydroxylation sites is 1. The maximum absolute atomic E-state index is 12.8. The molecular weight excluding hydrogens is 380 g/mol. The monoisotopic (exact) mass is 392 g/mol. The number of nitrogens with one attached hydrogen (secondary N) is 1. The molecule has 0 bridgehead atoms. The fraction of sp³-hybridized carbons (Fsp3) is 0.133. The summed E-state index contributed by atoms with van der Waals surface area (Å²) in [6.45, 7) is 0.373.